The number of nitrogens with two attached hydrogens (primary N) is 1. The standard InChI is InChI=1S/C20H23N7O5/c21-16(28)10-23-20(29)14-2-1-6-26(14)19-17(27(30)31)18(24-11-25-19)22-9-12-3-4-15-13(8-12)5-7-32-15/h3-4,8,11,14H,1-2,5-7,9-10H2,(H2,21,28)(H,23,29)(H,22,24,25). The third-order valence-corrected chi connectivity index (χ3v) is 5.46. The van der Waals surface area contributed by atoms with Crippen LogP contribution in [-0.2, 0) is 22.6 Å². The van der Waals surface area contributed by atoms with Crippen LogP contribution in [0, 0.1) is 10.1 Å². The fourth-order valence-electron chi connectivity index (χ4n) is 4.00. The van der Waals surface area contributed by atoms with Crippen LogP contribution in [0.1, 0.15) is 24.0 Å². The summed E-state index contributed by atoms with van der Waals surface area (Å²) in [6.45, 7) is 1.09. The number of fused-ring (bicyclic) bond motifs is 1. The van der Waals surface area contributed by atoms with E-state index in [1.807, 2.05) is 18.2 Å². The molecule has 4 rings (SSSR count). The molecule has 1 saturated heterocycles. The van der Waals surface area contributed by atoms with E-state index in [1.54, 1.807) is 4.90 Å². The van der Waals surface area contributed by atoms with Gasteiger partial charge in [-0.2, -0.15) is 0 Å². The van der Waals surface area contributed by atoms with Crippen LogP contribution in [-0.4, -0.2) is 52.4 Å². The van der Waals surface area contributed by atoms with Crippen LogP contribution in [0.5, 0.6) is 5.75 Å². The molecule has 3 heterocycles. The zero-order valence-corrected chi connectivity index (χ0v) is 17.2. The largest absolute Gasteiger partial charge is 0.493 e. The zero-order chi connectivity index (χ0) is 22.7. The molecule has 12 nitrogen and oxygen atoms in total. The Balaban J connectivity index is 1.55. The summed E-state index contributed by atoms with van der Waals surface area (Å²) < 4.78 is 5.51. The molecule has 0 saturated carbocycles. The monoisotopic (exact) mass is 441 g/mol. The minimum absolute atomic E-state index is 0.0616. The van der Waals surface area contributed by atoms with E-state index in [0.29, 0.717) is 32.5 Å². The number of nitro groups is 1. The minimum atomic E-state index is -0.687. The van der Waals surface area contributed by atoms with E-state index in [1.165, 1.54) is 6.33 Å². The lowest BCUT2D eigenvalue weighted by atomic mass is 10.1. The number of hydrogen-bond acceptors (Lipinski definition) is 9. The number of benzene rings is 1. The Morgan fingerprint density at radius 3 is 2.97 bits per heavy atom. The molecule has 1 unspecified atom stereocenters. The third kappa shape index (κ3) is 4.38. The topological polar surface area (TPSA) is 166 Å². The summed E-state index contributed by atoms with van der Waals surface area (Å²) in [7, 11) is 0. The maximum absolute atomic E-state index is 12.5. The molecule has 0 aliphatic carbocycles. The summed E-state index contributed by atoms with van der Waals surface area (Å²) in [6.07, 6.45) is 3.19. The van der Waals surface area contributed by atoms with Crippen LogP contribution in [0.3, 0.4) is 0 Å². The molecule has 12 heteroatoms. The highest BCUT2D eigenvalue weighted by Gasteiger charge is 2.37. The average Bonchev–Trinajstić information content (AvgIpc) is 3.44. The maximum atomic E-state index is 12.5. The third-order valence-electron chi connectivity index (χ3n) is 5.46. The highest BCUT2D eigenvalue weighted by atomic mass is 16.6. The first-order valence-electron chi connectivity index (χ1n) is 10.2. The van der Waals surface area contributed by atoms with Crippen molar-refractivity contribution in [3.8, 4) is 5.75 Å². The molecular formula is C20H23N7O5. The summed E-state index contributed by atoms with van der Waals surface area (Å²) in [4.78, 5) is 44.6. The number of carbonyl (C=O) groups excluding carboxylic acids is 2. The van der Waals surface area contributed by atoms with Crippen LogP contribution in [0.4, 0.5) is 17.3 Å². The van der Waals surface area contributed by atoms with Gasteiger partial charge in [0.25, 0.3) is 0 Å². The number of amides is 2. The summed E-state index contributed by atoms with van der Waals surface area (Å²) in [5, 5.41) is 17.4. The van der Waals surface area contributed by atoms with Crippen LogP contribution in [0.2, 0.25) is 0 Å². The Morgan fingerprint density at radius 2 is 2.19 bits per heavy atom. The minimum Gasteiger partial charge on any atom is -0.493 e. The lowest BCUT2D eigenvalue weighted by molar-refractivity contribution is -0.383. The van der Waals surface area contributed by atoms with Gasteiger partial charge in [-0.3, -0.25) is 19.7 Å². The van der Waals surface area contributed by atoms with Crippen LogP contribution in [0.25, 0.3) is 0 Å². The van der Waals surface area contributed by atoms with E-state index in [9.17, 15) is 19.7 Å². The number of aromatic nitrogens is 2. The Bertz CT molecular complexity index is 1060. The van der Waals surface area contributed by atoms with Gasteiger partial charge < -0.3 is 26.0 Å². The van der Waals surface area contributed by atoms with E-state index in [2.05, 4.69) is 20.6 Å². The molecular weight excluding hydrogens is 418 g/mol. The number of carbonyl (C=O) groups is 2. The quantitative estimate of drug-likeness (QED) is 0.390. The Hall–Kier alpha value is -3.96. The zero-order valence-electron chi connectivity index (χ0n) is 17.2. The van der Waals surface area contributed by atoms with Gasteiger partial charge in [0.2, 0.25) is 23.5 Å². The average molecular weight is 441 g/mol. The van der Waals surface area contributed by atoms with Gasteiger partial charge >= 0.3 is 5.69 Å². The van der Waals surface area contributed by atoms with Gasteiger partial charge in [-0.05, 0) is 30.0 Å². The first-order valence-corrected chi connectivity index (χ1v) is 10.2. The van der Waals surface area contributed by atoms with Gasteiger partial charge in [0, 0.05) is 19.5 Å². The molecule has 0 spiro atoms. The van der Waals surface area contributed by atoms with Crippen LogP contribution < -0.4 is 26.0 Å². The fraction of sp³-hybridized carbons (Fsp3) is 0.400. The first-order chi connectivity index (χ1) is 15.4. The van der Waals surface area contributed by atoms with Gasteiger partial charge in [-0.15, -0.1) is 0 Å². The number of nitrogens with zero attached hydrogens (tertiary/aromatic N) is 4. The molecule has 2 aromatic rings. The van der Waals surface area contributed by atoms with Crippen molar-refractivity contribution in [3.05, 3.63) is 45.8 Å². The Kier molecular flexibility index (Phi) is 6.01. The molecule has 0 bridgehead atoms. The smallest absolute Gasteiger partial charge is 0.353 e. The first kappa shape index (κ1) is 21.3. The molecule has 32 heavy (non-hydrogen) atoms. The van der Waals surface area contributed by atoms with Crippen molar-refractivity contribution in [1.82, 2.24) is 15.3 Å². The molecule has 2 aliphatic heterocycles. The van der Waals surface area contributed by atoms with Crippen molar-refractivity contribution >= 4 is 29.1 Å². The van der Waals surface area contributed by atoms with E-state index in [0.717, 1.165) is 23.3 Å². The number of anilines is 2. The molecule has 1 atom stereocenters. The van der Waals surface area contributed by atoms with Crippen molar-refractivity contribution in [2.45, 2.75) is 31.8 Å². The number of ether oxygens (including phenoxy) is 1. The number of nitrogens with one attached hydrogen (secondary N) is 2. The Labute approximate surface area is 183 Å². The van der Waals surface area contributed by atoms with Gasteiger partial charge in [0.1, 0.15) is 18.1 Å². The molecule has 4 N–H and O–H groups in total. The molecule has 2 amide bonds. The second-order valence-corrected chi connectivity index (χ2v) is 7.58. The number of rotatable bonds is 8. The highest BCUT2D eigenvalue weighted by Crippen LogP contribution is 2.36. The van der Waals surface area contributed by atoms with Gasteiger partial charge in [-0.25, -0.2) is 9.97 Å². The lowest BCUT2D eigenvalue weighted by Crippen LogP contribution is -2.46. The molecule has 1 fully saturated rings. The normalized spacial score (nSPS) is 16.9. The molecule has 168 valence electrons. The second kappa shape index (κ2) is 9.04. The van der Waals surface area contributed by atoms with Gasteiger partial charge in [0.05, 0.1) is 18.1 Å². The number of primary amides is 1. The Morgan fingerprint density at radius 1 is 1.34 bits per heavy atom. The summed E-state index contributed by atoms with van der Waals surface area (Å²) in [5.74, 6) is -0.102. The van der Waals surface area contributed by atoms with E-state index < -0.39 is 22.8 Å². The predicted octanol–water partition coefficient (Wildman–Crippen LogP) is 0.502. The van der Waals surface area contributed by atoms with Crippen molar-refractivity contribution in [1.29, 1.82) is 0 Å². The van der Waals surface area contributed by atoms with Crippen LogP contribution in [0.15, 0.2) is 24.5 Å². The van der Waals surface area contributed by atoms with Crippen molar-refractivity contribution in [3.63, 3.8) is 0 Å². The maximum Gasteiger partial charge on any atom is 0.353 e. The second-order valence-electron chi connectivity index (χ2n) is 7.58. The van der Waals surface area contributed by atoms with Crippen molar-refractivity contribution < 1.29 is 19.2 Å². The summed E-state index contributed by atoms with van der Waals surface area (Å²) in [6, 6.07) is 5.10. The number of hydrogen-bond donors (Lipinski definition) is 3. The summed E-state index contributed by atoms with van der Waals surface area (Å²) >= 11 is 0. The lowest BCUT2D eigenvalue weighted by Gasteiger charge is -2.24. The van der Waals surface area contributed by atoms with E-state index in [-0.39, 0.29) is 23.9 Å². The molecule has 1 aromatic carbocycles. The molecule has 2 aliphatic rings. The van der Waals surface area contributed by atoms with Crippen LogP contribution >= 0.6 is 0 Å². The fourth-order valence-corrected chi connectivity index (χ4v) is 4.00. The van der Waals surface area contributed by atoms with Gasteiger partial charge in [0.15, 0.2) is 0 Å². The van der Waals surface area contributed by atoms with E-state index >= 15 is 0 Å². The van der Waals surface area contributed by atoms with Crippen molar-refractivity contribution in [2.24, 2.45) is 5.73 Å². The predicted molar refractivity (Wildman–Crippen MR) is 114 cm³/mol. The summed E-state index contributed by atoms with van der Waals surface area (Å²) in [5.41, 5.74) is 6.83. The highest BCUT2D eigenvalue weighted by molar-refractivity contribution is 5.90. The SMILES string of the molecule is NC(=O)CNC(=O)C1CCCN1c1ncnc(NCc2ccc3c(c2)CCO3)c1[N+](=O)[O-]. The van der Waals surface area contributed by atoms with Crippen molar-refractivity contribution in [2.75, 3.05) is 29.9 Å². The molecule has 1 aromatic heterocycles. The van der Waals surface area contributed by atoms with Gasteiger partial charge in [-0.1, -0.05) is 12.1 Å². The van der Waals surface area contributed by atoms with E-state index in [4.69, 9.17) is 10.5 Å². The molecule has 0 radical (unpaired) electrons.